The number of aryl methyl sites for hydroxylation is 1. The number of anilines is 2. The van der Waals surface area contributed by atoms with E-state index in [9.17, 15) is 9.59 Å². The molecule has 2 fully saturated rings. The van der Waals surface area contributed by atoms with Crippen LogP contribution in [0.4, 0.5) is 16.3 Å². The molecule has 0 aliphatic carbocycles. The Morgan fingerprint density at radius 2 is 1.61 bits per heavy atom. The van der Waals surface area contributed by atoms with Gasteiger partial charge in [0.15, 0.2) is 0 Å². The Morgan fingerprint density at radius 1 is 0.935 bits per heavy atom. The zero-order valence-electron chi connectivity index (χ0n) is 27.4. The van der Waals surface area contributed by atoms with Crippen LogP contribution in [0.3, 0.4) is 0 Å². The molecule has 3 heterocycles. The summed E-state index contributed by atoms with van der Waals surface area (Å²) in [5.41, 5.74) is 5.73. The molecular weight excluding hydrogens is 594 g/mol. The quantitative estimate of drug-likeness (QED) is 0.212. The molecule has 0 saturated carbocycles. The van der Waals surface area contributed by atoms with Gasteiger partial charge < -0.3 is 10.2 Å². The first-order valence-corrected chi connectivity index (χ1v) is 16.7. The number of piperidine rings is 1. The molecule has 0 radical (unpaired) electrons. The van der Waals surface area contributed by atoms with Gasteiger partial charge in [0.25, 0.3) is 0 Å². The second-order valence-electron chi connectivity index (χ2n) is 14.1. The monoisotopic (exact) mass is 637 g/mol. The third-order valence-corrected chi connectivity index (χ3v) is 9.78. The van der Waals surface area contributed by atoms with E-state index in [2.05, 4.69) is 48.4 Å². The van der Waals surface area contributed by atoms with Crippen molar-refractivity contribution in [2.75, 3.05) is 10.6 Å². The van der Waals surface area contributed by atoms with Crippen molar-refractivity contribution >= 4 is 35.0 Å². The standard InChI is InChI=1S/C38H44ClN5O2/c1-24-9-15-31(16-10-24)44-35(23-34(42-44)38(3,4)5)41-37(46)40-30-8-6-7-26(20-30)19-27-21-32-17-18-33(22-27)43(32)36(45)25(2)28-11-13-29(39)14-12-28/h6-16,20,23,25,27,32-33H,17-19,21-22H2,1-5H3,(H2,40,41,46). The van der Waals surface area contributed by atoms with Crippen molar-refractivity contribution in [3.8, 4) is 5.69 Å². The fourth-order valence-corrected chi connectivity index (χ4v) is 7.17. The van der Waals surface area contributed by atoms with E-state index in [0.717, 1.165) is 60.3 Å². The van der Waals surface area contributed by atoms with Crippen LogP contribution in [0.25, 0.3) is 5.69 Å². The topological polar surface area (TPSA) is 79.3 Å². The van der Waals surface area contributed by atoms with Gasteiger partial charge in [-0.3, -0.25) is 10.1 Å². The summed E-state index contributed by atoms with van der Waals surface area (Å²) in [5, 5.41) is 11.6. The van der Waals surface area contributed by atoms with Crippen molar-refractivity contribution in [2.45, 2.75) is 90.1 Å². The molecule has 3 atom stereocenters. The van der Waals surface area contributed by atoms with E-state index in [0.29, 0.717) is 16.8 Å². The second kappa shape index (κ2) is 13.0. The molecule has 4 aromatic rings. The van der Waals surface area contributed by atoms with Crippen LogP contribution in [0.5, 0.6) is 0 Å². The fourth-order valence-electron chi connectivity index (χ4n) is 7.04. The first-order chi connectivity index (χ1) is 21.9. The van der Waals surface area contributed by atoms with E-state index in [4.69, 9.17) is 16.7 Å². The van der Waals surface area contributed by atoms with Crippen LogP contribution >= 0.6 is 11.6 Å². The number of nitrogens with zero attached hydrogens (tertiary/aromatic N) is 3. The molecule has 6 rings (SSSR count). The molecule has 2 aliphatic heterocycles. The van der Waals surface area contributed by atoms with E-state index in [-0.39, 0.29) is 35.4 Å². The maximum atomic E-state index is 13.6. The molecule has 2 saturated heterocycles. The van der Waals surface area contributed by atoms with Crippen LogP contribution in [0.15, 0.2) is 78.9 Å². The van der Waals surface area contributed by atoms with Gasteiger partial charge in [-0.25, -0.2) is 9.48 Å². The van der Waals surface area contributed by atoms with E-state index in [1.807, 2.05) is 80.6 Å². The molecule has 8 heteroatoms. The minimum Gasteiger partial charge on any atom is -0.336 e. The lowest BCUT2D eigenvalue weighted by Gasteiger charge is -2.40. The summed E-state index contributed by atoms with van der Waals surface area (Å²) in [6.07, 6.45) is 5.07. The zero-order chi connectivity index (χ0) is 32.6. The average molecular weight is 638 g/mol. The van der Waals surface area contributed by atoms with Gasteiger partial charge in [0.2, 0.25) is 5.91 Å². The van der Waals surface area contributed by atoms with Gasteiger partial charge in [-0.2, -0.15) is 5.10 Å². The van der Waals surface area contributed by atoms with Crippen molar-refractivity contribution in [3.63, 3.8) is 0 Å². The summed E-state index contributed by atoms with van der Waals surface area (Å²) in [5.74, 6) is 1.16. The number of hydrogen-bond acceptors (Lipinski definition) is 3. The van der Waals surface area contributed by atoms with Crippen LogP contribution in [0, 0.1) is 12.8 Å². The highest BCUT2D eigenvalue weighted by Crippen LogP contribution is 2.41. The van der Waals surface area contributed by atoms with Crippen LogP contribution in [-0.2, 0) is 16.6 Å². The molecule has 7 nitrogen and oxygen atoms in total. The van der Waals surface area contributed by atoms with E-state index < -0.39 is 0 Å². The highest BCUT2D eigenvalue weighted by molar-refractivity contribution is 6.30. The molecule has 3 unspecified atom stereocenters. The largest absolute Gasteiger partial charge is 0.336 e. The molecule has 2 bridgehead atoms. The van der Waals surface area contributed by atoms with Gasteiger partial charge in [0.1, 0.15) is 5.82 Å². The average Bonchev–Trinajstić information content (AvgIpc) is 3.55. The van der Waals surface area contributed by atoms with E-state index in [1.54, 1.807) is 4.68 Å². The number of carbonyl (C=O) groups is 2. The SMILES string of the molecule is Cc1ccc(-n2nc(C(C)(C)C)cc2NC(=O)Nc2cccc(CC3CC4CCC(C3)N4C(=O)C(C)c3ccc(Cl)cc3)c2)cc1. The van der Waals surface area contributed by atoms with Gasteiger partial charge >= 0.3 is 6.03 Å². The number of nitrogens with one attached hydrogen (secondary N) is 2. The highest BCUT2D eigenvalue weighted by Gasteiger charge is 2.44. The lowest BCUT2D eigenvalue weighted by Crippen LogP contribution is -2.48. The summed E-state index contributed by atoms with van der Waals surface area (Å²) in [7, 11) is 0. The number of urea groups is 1. The summed E-state index contributed by atoms with van der Waals surface area (Å²) in [6, 6.07) is 26.1. The summed E-state index contributed by atoms with van der Waals surface area (Å²) < 4.78 is 1.79. The number of carbonyl (C=O) groups excluding carboxylic acids is 2. The Bertz CT molecular complexity index is 1690. The number of halogens is 1. The van der Waals surface area contributed by atoms with Crippen molar-refractivity contribution < 1.29 is 9.59 Å². The Morgan fingerprint density at radius 3 is 2.26 bits per heavy atom. The number of hydrogen-bond donors (Lipinski definition) is 2. The lowest BCUT2D eigenvalue weighted by atomic mass is 9.84. The van der Waals surface area contributed by atoms with E-state index >= 15 is 0 Å². The first kappa shape index (κ1) is 31.9. The number of rotatable bonds is 7. The van der Waals surface area contributed by atoms with Crippen molar-refractivity contribution in [3.05, 3.63) is 106 Å². The zero-order valence-corrected chi connectivity index (χ0v) is 28.1. The minimum absolute atomic E-state index is 0.172. The minimum atomic E-state index is -0.314. The van der Waals surface area contributed by atoms with Gasteiger partial charge in [-0.15, -0.1) is 0 Å². The lowest BCUT2D eigenvalue weighted by molar-refractivity contribution is -0.137. The maximum Gasteiger partial charge on any atom is 0.324 e. The Kier molecular flexibility index (Phi) is 8.97. The Balaban J connectivity index is 1.09. The number of aromatic nitrogens is 2. The third-order valence-electron chi connectivity index (χ3n) is 9.53. The molecule has 2 N–H and O–H groups in total. The van der Waals surface area contributed by atoms with Crippen molar-refractivity contribution in [1.29, 1.82) is 0 Å². The number of amides is 3. The molecule has 2 aliphatic rings. The van der Waals surface area contributed by atoms with Crippen LogP contribution in [-0.4, -0.2) is 38.7 Å². The highest BCUT2D eigenvalue weighted by atomic mass is 35.5. The smallest absolute Gasteiger partial charge is 0.324 e. The molecule has 240 valence electrons. The molecule has 3 amide bonds. The molecule has 46 heavy (non-hydrogen) atoms. The molecular formula is C38H44ClN5O2. The van der Waals surface area contributed by atoms with Gasteiger partial charge in [-0.05, 0) is 99.4 Å². The molecule has 0 spiro atoms. The molecule has 1 aromatic heterocycles. The van der Waals surface area contributed by atoms with Gasteiger partial charge in [-0.1, -0.05) is 74.3 Å². The van der Waals surface area contributed by atoms with Gasteiger partial charge in [0.05, 0.1) is 17.3 Å². The summed E-state index contributed by atoms with van der Waals surface area (Å²) in [4.78, 5) is 29.0. The second-order valence-corrected chi connectivity index (χ2v) is 14.6. The first-order valence-electron chi connectivity index (χ1n) is 16.4. The van der Waals surface area contributed by atoms with Crippen LogP contribution in [0.2, 0.25) is 5.02 Å². The van der Waals surface area contributed by atoms with Crippen LogP contribution < -0.4 is 10.6 Å². The van der Waals surface area contributed by atoms with Crippen molar-refractivity contribution in [2.24, 2.45) is 5.92 Å². The third kappa shape index (κ3) is 7.00. The fraction of sp³-hybridized carbons (Fsp3) is 0.395. The van der Waals surface area contributed by atoms with Crippen LogP contribution in [0.1, 0.15) is 81.7 Å². The Hall–Kier alpha value is -4.10. The van der Waals surface area contributed by atoms with Crippen molar-refractivity contribution in [1.82, 2.24) is 14.7 Å². The summed E-state index contributed by atoms with van der Waals surface area (Å²) in [6.45, 7) is 10.4. The Labute approximate surface area is 277 Å². The number of benzene rings is 3. The summed E-state index contributed by atoms with van der Waals surface area (Å²) >= 11 is 6.07. The van der Waals surface area contributed by atoms with Gasteiger partial charge in [0, 0.05) is 34.3 Å². The van der Waals surface area contributed by atoms with E-state index in [1.165, 1.54) is 5.56 Å². The predicted octanol–water partition coefficient (Wildman–Crippen LogP) is 8.89. The maximum absolute atomic E-state index is 13.6. The molecule has 3 aromatic carbocycles. The normalized spacial score (nSPS) is 20.0. The predicted molar refractivity (Wildman–Crippen MR) is 186 cm³/mol. The number of fused-ring (bicyclic) bond motifs is 2.